The normalized spacial score (nSPS) is 15.8. The molecule has 5 nitrogen and oxygen atoms in total. The lowest BCUT2D eigenvalue weighted by atomic mass is 9.82. The Balaban J connectivity index is 2.49. The van der Waals surface area contributed by atoms with Gasteiger partial charge in [0.15, 0.2) is 0 Å². The Bertz CT molecular complexity index is 533. The molecule has 1 aliphatic carbocycles. The fourth-order valence-corrected chi connectivity index (χ4v) is 2.88. The molecule has 0 radical (unpaired) electrons. The molecular formula is C15H19NO4. The van der Waals surface area contributed by atoms with Crippen molar-refractivity contribution < 1.29 is 19.8 Å². The van der Waals surface area contributed by atoms with Crippen LogP contribution in [0.1, 0.15) is 60.9 Å². The van der Waals surface area contributed by atoms with Crippen molar-refractivity contribution in [1.82, 2.24) is 0 Å². The quantitative estimate of drug-likeness (QED) is 0.792. The number of amides is 1. The molecule has 1 saturated carbocycles. The SMILES string of the molecule is CC(=O)Nc1ccc(C(=O)O)c(O)c1C1CCCCC1. The number of benzene rings is 1. The summed E-state index contributed by atoms with van der Waals surface area (Å²) >= 11 is 0. The number of hydrogen-bond donors (Lipinski definition) is 3. The van der Waals surface area contributed by atoms with Gasteiger partial charge in [-0.2, -0.15) is 0 Å². The van der Waals surface area contributed by atoms with Crippen molar-refractivity contribution in [1.29, 1.82) is 0 Å². The van der Waals surface area contributed by atoms with Gasteiger partial charge in [0.05, 0.1) is 0 Å². The van der Waals surface area contributed by atoms with E-state index in [-0.39, 0.29) is 23.1 Å². The first-order chi connectivity index (χ1) is 9.50. The summed E-state index contributed by atoms with van der Waals surface area (Å²) in [6.07, 6.45) is 5.08. The van der Waals surface area contributed by atoms with Crippen LogP contribution >= 0.6 is 0 Å². The fourth-order valence-electron chi connectivity index (χ4n) is 2.88. The van der Waals surface area contributed by atoms with Crippen LogP contribution in [0.5, 0.6) is 5.75 Å². The molecule has 5 heteroatoms. The molecule has 0 heterocycles. The summed E-state index contributed by atoms with van der Waals surface area (Å²) < 4.78 is 0. The Kier molecular flexibility index (Phi) is 4.27. The Morgan fingerprint density at radius 3 is 2.40 bits per heavy atom. The van der Waals surface area contributed by atoms with Gasteiger partial charge < -0.3 is 15.5 Å². The number of nitrogens with one attached hydrogen (secondary N) is 1. The lowest BCUT2D eigenvalue weighted by Gasteiger charge is -2.25. The number of carboxylic acid groups (broad SMARTS) is 1. The lowest BCUT2D eigenvalue weighted by Crippen LogP contribution is -2.14. The fraction of sp³-hybridized carbons (Fsp3) is 0.467. The van der Waals surface area contributed by atoms with Crippen molar-refractivity contribution in [2.75, 3.05) is 5.32 Å². The number of aromatic hydroxyl groups is 1. The third-order valence-electron chi connectivity index (χ3n) is 3.77. The van der Waals surface area contributed by atoms with Crippen LogP contribution in [0.4, 0.5) is 5.69 Å². The molecule has 0 spiro atoms. The van der Waals surface area contributed by atoms with Gasteiger partial charge in [-0.05, 0) is 30.9 Å². The van der Waals surface area contributed by atoms with Crippen LogP contribution in [0, 0.1) is 0 Å². The largest absolute Gasteiger partial charge is 0.507 e. The van der Waals surface area contributed by atoms with E-state index < -0.39 is 5.97 Å². The van der Waals surface area contributed by atoms with E-state index in [0.717, 1.165) is 32.1 Å². The summed E-state index contributed by atoms with van der Waals surface area (Å²) in [5.41, 5.74) is 0.978. The second-order valence-electron chi connectivity index (χ2n) is 5.24. The van der Waals surface area contributed by atoms with Crippen LogP contribution in [0.3, 0.4) is 0 Å². The van der Waals surface area contributed by atoms with Crippen molar-refractivity contribution in [3.05, 3.63) is 23.3 Å². The molecular weight excluding hydrogens is 258 g/mol. The number of carbonyl (C=O) groups excluding carboxylic acids is 1. The zero-order valence-corrected chi connectivity index (χ0v) is 11.5. The van der Waals surface area contributed by atoms with Crippen LogP contribution in [0.15, 0.2) is 12.1 Å². The van der Waals surface area contributed by atoms with Gasteiger partial charge in [0.2, 0.25) is 5.91 Å². The standard InChI is InChI=1S/C15H19NO4/c1-9(17)16-12-8-7-11(15(19)20)14(18)13(12)10-5-3-2-4-6-10/h7-8,10,18H,2-6H2,1H3,(H,16,17)(H,19,20). The minimum Gasteiger partial charge on any atom is -0.507 e. The van der Waals surface area contributed by atoms with E-state index in [4.69, 9.17) is 5.11 Å². The lowest BCUT2D eigenvalue weighted by molar-refractivity contribution is -0.114. The molecule has 0 aliphatic heterocycles. The second-order valence-corrected chi connectivity index (χ2v) is 5.24. The predicted octanol–water partition coefficient (Wildman–Crippen LogP) is 3.10. The van der Waals surface area contributed by atoms with Crippen molar-refractivity contribution >= 4 is 17.6 Å². The number of rotatable bonds is 3. The number of carboxylic acids is 1. The van der Waals surface area contributed by atoms with Crippen molar-refractivity contribution in [3.8, 4) is 5.75 Å². The Morgan fingerprint density at radius 1 is 1.20 bits per heavy atom. The van der Waals surface area contributed by atoms with Crippen molar-refractivity contribution in [2.24, 2.45) is 0 Å². The smallest absolute Gasteiger partial charge is 0.339 e. The van der Waals surface area contributed by atoms with E-state index in [2.05, 4.69) is 5.32 Å². The molecule has 0 bridgehead atoms. The summed E-state index contributed by atoms with van der Waals surface area (Å²) in [7, 11) is 0. The molecule has 2 rings (SSSR count). The molecule has 1 aromatic carbocycles. The average Bonchev–Trinajstić information content (AvgIpc) is 2.39. The highest BCUT2D eigenvalue weighted by atomic mass is 16.4. The molecule has 3 N–H and O–H groups in total. The van der Waals surface area contributed by atoms with Gasteiger partial charge in [-0.15, -0.1) is 0 Å². The third kappa shape index (κ3) is 2.92. The van der Waals surface area contributed by atoms with Gasteiger partial charge >= 0.3 is 5.97 Å². The molecule has 20 heavy (non-hydrogen) atoms. The van der Waals surface area contributed by atoms with E-state index in [1.807, 2.05) is 0 Å². The van der Waals surface area contributed by atoms with Gasteiger partial charge in [0, 0.05) is 18.2 Å². The number of aromatic carboxylic acids is 1. The molecule has 0 atom stereocenters. The van der Waals surface area contributed by atoms with E-state index in [1.54, 1.807) is 6.07 Å². The average molecular weight is 277 g/mol. The maximum Gasteiger partial charge on any atom is 0.339 e. The van der Waals surface area contributed by atoms with Crippen LogP contribution in [0.25, 0.3) is 0 Å². The Hall–Kier alpha value is -2.04. The monoisotopic (exact) mass is 277 g/mol. The summed E-state index contributed by atoms with van der Waals surface area (Å²) in [5.74, 6) is -1.50. The number of phenols is 1. The highest BCUT2D eigenvalue weighted by Crippen LogP contribution is 2.42. The van der Waals surface area contributed by atoms with E-state index >= 15 is 0 Å². The molecule has 0 saturated heterocycles. The van der Waals surface area contributed by atoms with Gasteiger partial charge in [0.25, 0.3) is 0 Å². The third-order valence-corrected chi connectivity index (χ3v) is 3.77. The van der Waals surface area contributed by atoms with E-state index in [1.165, 1.54) is 13.0 Å². The number of hydrogen-bond acceptors (Lipinski definition) is 3. The highest BCUT2D eigenvalue weighted by molar-refractivity contribution is 5.95. The maximum absolute atomic E-state index is 11.3. The predicted molar refractivity (Wildman–Crippen MR) is 75.2 cm³/mol. The molecule has 1 amide bonds. The molecule has 0 unspecified atom stereocenters. The van der Waals surface area contributed by atoms with Crippen molar-refractivity contribution in [3.63, 3.8) is 0 Å². The maximum atomic E-state index is 11.3. The summed E-state index contributed by atoms with van der Waals surface area (Å²) in [5, 5.41) is 22.1. The topological polar surface area (TPSA) is 86.6 Å². The second kappa shape index (κ2) is 5.94. The van der Waals surface area contributed by atoms with Gasteiger partial charge in [-0.25, -0.2) is 4.79 Å². The van der Waals surface area contributed by atoms with Crippen LogP contribution in [0.2, 0.25) is 0 Å². The molecule has 0 aromatic heterocycles. The minimum atomic E-state index is -1.16. The van der Waals surface area contributed by atoms with Crippen LogP contribution < -0.4 is 5.32 Å². The van der Waals surface area contributed by atoms with E-state index in [0.29, 0.717) is 11.3 Å². The van der Waals surface area contributed by atoms with Crippen LogP contribution in [-0.4, -0.2) is 22.1 Å². The first-order valence-electron chi connectivity index (χ1n) is 6.87. The molecule has 108 valence electrons. The molecule has 1 aromatic rings. The van der Waals surface area contributed by atoms with E-state index in [9.17, 15) is 14.7 Å². The van der Waals surface area contributed by atoms with Gasteiger partial charge in [-0.3, -0.25) is 4.79 Å². The number of anilines is 1. The zero-order chi connectivity index (χ0) is 14.7. The molecule has 1 fully saturated rings. The van der Waals surface area contributed by atoms with Gasteiger partial charge in [-0.1, -0.05) is 19.3 Å². The molecule has 1 aliphatic rings. The van der Waals surface area contributed by atoms with Crippen LogP contribution in [-0.2, 0) is 4.79 Å². The first kappa shape index (κ1) is 14.4. The zero-order valence-electron chi connectivity index (χ0n) is 11.5. The summed E-state index contributed by atoms with van der Waals surface area (Å²) in [4.78, 5) is 22.4. The van der Waals surface area contributed by atoms with Crippen molar-refractivity contribution in [2.45, 2.75) is 44.9 Å². The highest BCUT2D eigenvalue weighted by Gasteiger charge is 2.25. The minimum absolute atomic E-state index is 0.102. The number of carbonyl (C=O) groups is 2. The Morgan fingerprint density at radius 2 is 1.85 bits per heavy atom. The first-order valence-corrected chi connectivity index (χ1v) is 6.87. The summed E-state index contributed by atoms with van der Waals surface area (Å²) in [6.45, 7) is 1.40. The summed E-state index contributed by atoms with van der Waals surface area (Å²) in [6, 6.07) is 2.89. The Labute approximate surface area is 117 Å². The van der Waals surface area contributed by atoms with Gasteiger partial charge in [0.1, 0.15) is 11.3 Å².